The zero-order chi connectivity index (χ0) is 32.7. The van der Waals surface area contributed by atoms with Gasteiger partial charge in [0.2, 0.25) is 0 Å². The molecule has 5 atom stereocenters. The predicted molar refractivity (Wildman–Crippen MR) is 182 cm³/mol. The maximum atomic E-state index is 7.49. The van der Waals surface area contributed by atoms with Gasteiger partial charge in [0.05, 0.1) is 12.9 Å². The summed E-state index contributed by atoms with van der Waals surface area (Å²) in [5.74, 6) is 0.258. The van der Waals surface area contributed by atoms with E-state index in [1.165, 1.54) is 6.33 Å². The van der Waals surface area contributed by atoms with E-state index < -0.39 is 39.2 Å². The van der Waals surface area contributed by atoms with Crippen LogP contribution in [0.1, 0.15) is 6.23 Å². The van der Waals surface area contributed by atoms with Crippen LogP contribution in [-0.4, -0.2) is 73.8 Å². The van der Waals surface area contributed by atoms with E-state index in [0.29, 0.717) is 11.2 Å². The Morgan fingerprint density at radius 2 is 1.56 bits per heavy atom. The standard InChI is InChI=1S/C32H29IN7O5SSi2/c33-48(24-14-8-3-9-15-24)44-27-25(18-41-47(45-48,22-10-4-1-5-11-22)23-12-6-2-7-13-23)42-31(28(27)43-32(46)39-17-16-35-20-39)40-21-38-26-29(34)36-19-37-30(26)40/h1-17,19-21,25,27-28,31,33H,18H2,(H2,34,36,37)/q+1. The molecular formula is C32H29IN7O5SSi2+. The summed E-state index contributed by atoms with van der Waals surface area (Å²) in [6.45, 7) is 0.152. The molecule has 2 fully saturated rings. The quantitative estimate of drug-likeness (QED) is 0.0950. The van der Waals surface area contributed by atoms with Gasteiger partial charge in [-0.25, -0.2) is 19.9 Å². The molecular weight excluding hydrogens is 778 g/mol. The first kappa shape index (κ1) is 31.4. The number of aromatic nitrogens is 6. The first-order valence-corrected chi connectivity index (χ1v) is 22.6. The number of anilines is 1. The van der Waals surface area contributed by atoms with E-state index in [9.17, 15) is 0 Å². The predicted octanol–water partition coefficient (Wildman–Crippen LogP) is -1.46. The number of benzene rings is 3. The molecule has 0 amide bonds. The maximum absolute atomic E-state index is 7.49. The summed E-state index contributed by atoms with van der Waals surface area (Å²) in [5.41, 5.74) is 7.10. The van der Waals surface area contributed by atoms with Crippen molar-refractivity contribution < 1.29 is 44.2 Å². The maximum Gasteiger partial charge on any atom is 0.652 e. The fraction of sp³-hybridized carbons (Fsp3) is 0.156. The Morgan fingerprint density at radius 3 is 2.21 bits per heavy atom. The SMILES string of the molecule is Nc1ncnc2c1ncn2C1OC2CO[Si](c3ccccc3)(c3ccccc3)O[Si]([IH+])(c3ccccc3)OC2C1OC(=S)n1ccnc1. The van der Waals surface area contributed by atoms with Gasteiger partial charge >= 0.3 is 14.6 Å². The van der Waals surface area contributed by atoms with E-state index in [4.69, 9.17) is 40.4 Å². The van der Waals surface area contributed by atoms with Gasteiger partial charge in [-0.1, -0.05) is 91.0 Å². The summed E-state index contributed by atoms with van der Waals surface area (Å²) in [7, 11) is -3.41. The number of rotatable bonds is 5. The van der Waals surface area contributed by atoms with Gasteiger partial charge in [0, 0.05) is 17.6 Å². The van der Waals surface area contributed by atoms with Crippen molar-refractivity contribution in [3.05, 3.63) is 122 Å². The minimum atomic E-state index is -3.41. The summed E-state index contributed by atoms with van der Waals surface area (Å²) in [6, 6.07) is 26.9. The van der Waals surface area contributed by atoms with Gasteiger partial charge in [-0.15, -0.1) is 0 Å². The van der Waals surface area contributed by atoms with Crippen molar-refractivity contribution in [1.82, 2.24) is 29.1 Å². The van der Waals surface area contributed by atoms with Crippen LogP contribution in [0.5, 0.6) is 0 Å². The summed E-state index contributed by atoms with van der Waals surface area (Å²) >= 11 is 7.70. The van der Waals surface area contributed by atoms with Gasteiger partial charge in [0.25, 0.3) is 27.0 Å². The van der Waals surface area contributed by atoms with E-state index in [1.54, 1.807) is 34.2 Å². The lowest BCUT2D eigenvalue weighted by atomic mass is 10.1. The summed E-state index contributed by atoms with van der Waals surface area (Å²) in [5, 5.41) is 3.05. The Balaban J connectivity index is 1.28. The van der Waals surface area contributed by atoms with Crippen molar-refractivity contribution in [1.29, 1.82) is 0 Å². The number of nitrogen functional groups attached to an aromatic ring is 1. The molecule has 6 aromatic rings. The van der Waals surface area contributed by atoms with Crippen LogP contribution in [-0.2, 0) is 22.4 Å². The highest BCUT2D eigenvalue weighted by molar-refractivity contribution is 7.80. The number of fused-ring (bicyclic) bond motifs is 2. The molecule has 5 unspecified atom stereocenters. The lowest BCUT2D eigenvalue weighted by Crippen LogP contribution is -3.49. The molecule has 3 aromatic carbocycles. The van der Waals surface area contributed by atoms with Crippen LogP contribution < -0.4 is 43.1 Å². The average molecular weight is 807 g/mol. The molecule has 8 rings (SSSR count). The largest absolute Gasteiger partial charge is 0.652 e. The molecule has 0 radical (unpaired) electrons. The number of hydrogen-bond donors (Lipinski definition) is 1. The lowest BCUT2D eigenvalue weighted by Gasteiger charge is -2.39. The molecule has 2 N–H and O–H groups in total. The Kier molecular flexibility index (Phi) is 8.41. The lowest BCUT2D eigenvalue weighted by molar-refractivity contribution is -0.271. The number of nitrogens with two attached hydrogens (primary N) is 1. The molecule has 16 heteroatoms. The van der Waals surface area contributed by atoms with E-state index in [0.717, 1.165) is 15.6 Å². The van der Waals surface area contributed by atoms with Crippen LogP contribution in [0.15, 0.2) is 122 Å². The minimum Gasteiger partial charge on any atom is -0.459 e. The summed E-state index contributed by atoms with van der Waals surface area (Å²) in [6.07, 6.45) is 5.14. The summed E-state index contributed by atoms with van der Waals surface area (Å²) < 4.78 is 38.8. The number of halogens is 1. The van der Waals surface area contributed by atoms with Crippen LogP contribution in [0, 0.1) is 0 Å². The molecule has 48 heavy (non-hydrogen) atoms. The monoisotopic (exact) mass is 806 g/mol. The Bertz CT molecular complexity index is 2010. The van der Waals surface area contributed by atoms with E-state index in [2.05, 4.69) is 44.2 Å². The number of thiocarbonyl (C=S) groups is 1. The zero-order valence-corrected chi connectivity index (χ0v) is 30.3. The fourth-order valence-corrected chi connectivity index (χ4v) is 18.5. The average Bonchev–Trinajstić information content (AvgIpc) is 3.88. The molecule has 2 aliphatic rings. The van der Waals surface area contributed by atoms with Gasteiger partial charge in [-0.05, 0) is 22.6 Å². The highest BCUT2D eigenvalue weighted by atomic mass is 127. The van der Waals surface area contributed by atoms with Gasteiger partial charge in [0.1, 0.15) is 30.4 Å². The van der Waals surface area contributed by atoms with Gasteiger partial charge < -0.3 is 28.2 Å². The fourth-order valence-electron chi connectivity index (χ4n) is 6.09. The topological polar surface area (TPSA) is 134 Å². The molecule has 242 valence electrons. The second-order valence-corrected chi connectivity index (χ2v) is 21.6. The number of imidazole rings is 2. The zero-order valence-electron chi connectivity index (χ0n) is 25.2. The Hall–Kier alpha value is -3.89. The number of nitrogens with zero attached hydrogens (tertiary/aromatic N) is 6. The van der Waals surface area contributed by atoms with Crippen molar-refractivity contribution >= 4 is 64.6 Å². The van der Waals surface area contributed by atoms with Crippen molar-refractivity contribution in [2.45, 2.75) is 24.5 Å². The van der Waals surface area contributed by atoms with Crippen molar-refractivity contribution in [2.75, 3.05) is 12.3 Å². The highest BCUT2D eigenvalue weighted by Gasteiger charge is 2.66. The molecule has 5 heterocycles. The van der Waals surface area contributed by atoms with E-state index in [1.807, 2.05) is 88.5 Å². The van der Waals surface area contributed by atoms with E-state index >= 15 is 0 Å². The van der Waals surface area contributed by atoms with Gasteiger partial charge in [-0.3, -0.25) is 9.13 Å². The second-order valence-electron chi connectivity index (χ2n) is 11.2. The third-order valence-corrected chi connectivity index (χ3v) is 20.3. The van der Waals surface area contributed by atoms with Crippen LogP contribution in [0.2, 0.25) is 0 Å². The molecule has 3 aromatic heterocycles. The minimum absolute atomic E-state index is 0.152. The van der Waals surface area contributed by atoms with Crippen LogP contribution >= 0.6 is 12.2 Å². The van der Waals surface area contributed by atoms with Gasteiger partial charge in [-0.2, -0.15) is 0 Å². The number of ether oxygens (including phenoxy) is 2. The molecule has 0 saturated carbocycles. The molecule has 0 bridgehead atoms. The molecule has 2 saturated heterocycles. The molecule has 2 aliphatic heterocycles. The van der Waals surface area contributed by atoms with Crippen molar-refractivity contribution in [3.63, 3.8) is 0 Å². The molecule has 0 aliphatic carbocycles. The summed E-state index contributed by atoms with van der Waals surface area (Å²) in [4.78, 5) is 17.2. The molecule has 0 spiro atoms. The normalized spacial score (nSPS) is 25.2. The first-order valence-electron chi connectivity index (χ1n) is 15.1. The van der Waals surface area contributed by atoms with Crippen LogP contribution in [0.25, 0.3) is 11.2 Å². The first-order chi connectivity index (χ1) is 23.5. The Morgan fingerprint density at radius 1 is 0.896 bits per heavy atom. The third kappa shape index (κ3) is 5.56. The third-order valence-electron chi connectivity index (χ3n) is 8.35. The van der Waals surface area contributed by atoms with E-state index in [-0.39, 0.29) is 17.6 Å². The van der Waals surface area contributed by atoms with Crippen LogP contribution in [0.4, 0.5) is 5.82 Å². The van der Waals surface area contributed by atoms with Crippen molar-refractivity contribution in [3.8, 4) is 0 Å². The second kappa shape index (κ2) is 12.9. The Labute approximate surface area is 295 Å². The van der Waals surface area contributed by atoms with Gasteiger partial charge in [0.15, 0.2) is 23.8 Å². The van der Waals surface area contributed by atoms with Crippen molar-refractivity contribution in [2.24, 2.45) is 0 Å². The smallest absolute Gasteiger partial charge is 0.459 e. The highest BCUT2D eigenvalue weighted by Crippen LogP contribution is 2.38. The van der Waals surface area contributed by atoms with Crippen LogP contribution in [0.3, 0.4) is 0 Å². The number of hydrogen-bond acceptors (Lipinski definition) is 11. The molecule has 12 nitrogen and oxygen atoms in total.